The zero-order chi connectivity index (χ0) is 15.2. The van der Waals surface area contributed by atoms with Gasteiger partial charge in [-0.25, -0.2) is 0 Å². The molecule has 1 aliphatic rings. The summed E-state index contributed by atoms with van der Waals surface area (Å²) in [6.45, 7) is 7.05. The van der Waals surface area contributed by atoms with E-state index in [4.69, 9.17) is 15.2 Å². The predicted octanol–water partition coefficient (Wildman–Crippen LogP) is 2.58. The van der Waals surface area contributed by atoms with E-state index in [1.54, 1.807) is 7.11 Å². The van der Waals surface area contributed by atoms with Gasteiger partial charge < -0.3 is 15.2 Å². The normalized spacial score (nSPS) is 20.2. The first-order valence-electron chi connectivity index (χ1n) is 7.91. The predicted molar refractivity (Wildman–Crippen MR) is 85.6 cm³/mol. The van der Waals surface area contributed by atoms with Gasteiger partial charge in [0.1, 0.15) is 5.75 Å². The maximum atomic E-state index is 6.26. The molecule has 2 unspecified atom stereocenters. The van der Waals surface area contributed by atoms with Gasteiger partial charge in [-0.3, -0.25) is 4.90 Å². The van der Waals surface area contributed by atoms with Crippen molar-refractivity contribution in [2.75, 3.05) is 26.8 Å². The standard InChI is InChI=1S/C17H28N2O2/c1-4-21-16-9-11-19(12-10-16)17(13(2)18)14-5-7-15(20-3)8-6-14/h5-8,13,16-17H,4,9-12,18H2,1-3H3. The first kappa shape index (κ1) is 16.3. The van der Waals surface area contributed by atoms with Crippen LogP contribution in [0.1, 0.15) is 38.3 Å². The van der Waals surface area contributed by atoms with Crippen molar-refractivity contribution in [3.05, 3.63) is 29.8 Å². The van der Waals surface area contributed by atoms with Crippen molar-refractivity contribution in [1.82, 2.24) is 4.90 Å². The average Bonchev–Trinajstić information content (AvgIpc) is 2.50. The lowest BCUT2D eigenvalue weighted by Gasteiger charge is -2.39. The fourth-order valence-corrected chi connectivity index (χ4v) is 3.20. The van der Waals surface area contributed by atoms with Crippen molar-refractivity contribution < 1.29 is 9.47 Å². The van der Waals surface area contributed by atoms with Gasteiger partial charge in [-0.1, -0.05) is 12.1 Å². The van der Waals surface area contributed by atoms with Crippen LogP contribution >= 0.6 is 0 Å². The quantitative estimate of drug-likeness (QED) is 0.875. The Balaban J connectivity index is 2.05. The van der Waals surface area contributed by atoms with Crippen molar-refractivity contribution in [2.45, 2.75) is 44.9 Å². The highest BCUT2D eigenvalue weighted by Gasteiger charge is 2.28. The van der Waals surface area contributed by atoms with Crippen molar-refractivity contribution in [2.24, 2.45) is 5.73 Å². The lowest BCUT2D eigenvalue weighted by molar-refractivity contribution is 0.00118. The van der Waals surface area contributed by atoms with Crippen LogP contribution in [0.5, 0.6) is 5.75 Å². The Hall–Kier alpha value is -1.10. The number of nitrogens with two attached hydrogens (primary N) is 1. The molecule has 1 aliphatic heterocycles. The van der Waals surface area contributed by atoms with E-state index in [9.17, 15) is 0 Å². The van der Waals surface area contributed by atoms with Gasteiger partial charge in [-0.15, -0.1) is 0 Å². The molecule has 0 aromatic heterocycles. The van der Waals surface area contributed by atoms with E-state index in [0.717, 1.165) is 38.3 Å². The molecular formula is C17H28N2O2. The minimum absolute atomic E-state index is 0.0991. The van der Waals surface area contributed by atoms with E-state index in [1.807, 2.05) is 12.1 Å². The maximum absolute atomic E-state index is 6.26. The molecule has 0 radical (unpaired) electrons. The molecule has 4 heteroatoms. The van der Waals surface area contributed by atoms with Crippen molar-refractivity contribution >= 4 is 0 Å². The number of nitrogens with zero attached hydrogens (tertiary/aromatic N) is 1. The minimum Gasteiger partial charge on any atom is -0.497 e. The molecule has 2 atom stereocenters. The third kappa shape index (κ3) is 4.19. The smallest absolute Gasteiger partial charge is 0.118 e. The molecule has 0 amide bonds. The number of likely N-dealkylation sites (tertiary alicyclic amines) is 1. The third-order valence-electron chi connectivity index (χ3n) is 4.23. The largest absolute Gasteiger partial charge is 0.497 e. The second-order valence-corrected chi connectivity index (χ2v) is 5.77. The van der Waals surface area contributed by atoms with Crippen LogP contribution < -0.4 is 10.5 Å². The van der Waals surface area contributed by atoms with Gasteiger partial charge in [0.15, 0.2) is 0 Å². The summed E-state index contributed by atoms with van der Waals surface area (Å²) >= 11 is 0. The zero-order valence-corrected chi connectivity index (χ0v) is 13.4. The molecule has 1 aromatic carbocycles. The Morgan fingerprint density at radius 1 is 1.24 bits per heavy atom. The Morgan fingerprint density at radius 2 is 1.86 bits per heavy atom. The Bertz CT molecular complexity index is 411. The molecule has 1 heterocycles. The van der Waals surface area contributed by atoms with Gasteiger partial charge >= 0.3 is 0 Å². The van der Waals surface area contributed by atoms with E-state index in [1.165, 1.54) is 5.56 Å². The highest BCUT2D eigenvalue weighted by Crippen LogP contribution is 2.28. The maximum Gasteiger partial charge on any atom is 0.118 e. The average molecular weight is 292 g/mol. The van der Waals surface area contributed by atoms with E-state index in [-0.39, 0.29) is 12.1 Å². The van der Waals surface area contributed by atoms with Crippen LogP contribution in [-0.2, 0) is 4.74 Å². The van der Waals surface area contributed by atoms with Crippen LogP contribution in [0.25, 0.3) is 0 Å². The summed E-state index contributed by atoms with van der Waals surface area (Å²) in [5.74, 6) is 0.886. The number of benzene rings is 1. The highest BCUT2D eigenvalue weighted by molar-refractivity contribution is 5.30. The number of piperidine rings is 1. The molecule has 21 heavy (non-hydrogen) atoms. The number of hydrogen-bond donors (Lipinski definition) is 1. The van der Waals surface area contributed by atoms with Crippen LogP contribution in [0.15, 0.2) is 24.3 Å². The molecule has 4 nitrogen and oxygen atoms in total. The van der Waals surface area contributed by atoms with Crippen LogP contribution in [0.2, 0.25) is 0 Å². The van der Waals surface area contributed by atoms with Gasteiger partial charge in [0.25, 0.3) is 0 Å². The number of hydrogen-bond acceptors (Lipinski definition) is 4. The van der Waals surface area contributed by atoms with Gasteiger partial charge in [0.2, 0.25) is 0 Å². The van der Waals surface area contributed by atoms with E-state index in [0.29, 0.717) is 6.10 Å². The molecular weight excluding hydrogens is 264 g/mol. The van der Waals surface area contributed by atoms with Crippen LogP contribution in [0, 0.1) is 0 Å². The fourth-order valence-electron chi connectivity index (χ4n) is 3.20. The molecule has 1 fully saturated rings. The molecule has 0 spiro atoms. The Kier molecular flexibility index (Phi) is 6.03. The Labute approximate surface area is 128 Å². The van der Waals surface area contributed by atoms with Crippen LogP contribution in [0.4, 0.5) is 0 Å². The minimum atomic E-state index is 0.0991. The van der Waals surface area contributed by atoms with Crippen molar-refractivity contribution in [3.63, 3.8) is 0 Å². The summed E-state index contributed by atoms with van der Waals surface area (Å²) in [5.41, 5.74) is 7.52. The fraction of sp³-hybridized carbons (Fsp3) is 0.647. The van der Waals surface area contributed by atoms with E-state index < -0.39 is 0 Å². The molecule has 1 saturated heterocycles. The Morgan fingerprint density at radius 3 is 2.33 bits per heavy atom. The summed E-state index contributed by atoms with van der Waals surface area (Å²) in [6.07, 6.45) is 2.59. The topological polar surface area (TPSA) is 47.7 Å². The summed E-state index contributed by atoms with van der Waals surface area (Å²) in [6, 6.07) is 8.64. The van der Waals surface area contributed by atoms with E-state index in [2.05, 4.69) is 30.9 Å². The zero-order valence-electron chi connectivity index (χ0n) is 13.4. The summed E-state index contributed by atoms with van der Waals surface area (Å²) in [4.78, 5) is 2.49. The third-order valence-corrected chi connectivity index (χ3v) is 4.23. The van der Waals surface area contributed by atoms with Gasteiger partial charge in [0.05, 0.1) is 13.2 Å². The number of methoxy groups -OCH3 is 1. The van der Waals surface area contributed by atoms with Crippen LogP contribution in [0.3, 0.4) is 0 Å². The molecule has 1 aromatic rings. The summed E-state index contributed by atoms with van der Waals surface area (Å²) in [5, 5.41) is 0. The SMILES string of the molecule is CCOC1CCN(C(c2ccc(OC)cc2)C(C)N)CC1. The number of rotatable bonds is 6. The molecule has 0 aliphatic carbocycles. The van der Waals surface area contributed by atoms with Gasteiger partial charge in [-0.05, 0) is 44.4 Å². The summed E-state index contributed by atoms with van der Waals surface area (Å²) in [7, 11) is 1.69. The molecule has 2 rings (SSSR count). The summed E-state index contributed by atoms with van der Waals surface area (Å²) < 4.78 is 11.0. The molecule has 2 N–H and O–H groups in total. The van der Waals surface area contributed by atoms with Crippen molar-refractivity contribution in [3.8, 4) is 5.75 Å². The first-order chi connectivity index (χ1) is 10.2. The highest BCUT2D eigenvalue weighted by atomic mass is 16.5. The molecule has 0 bridgehead atoms. The van der Waals surface area contributed by atoms with Gasteiger partial charge in [-0.2, -0.15) is 0 Å². The van der Waals surface area contributed by atoms with Gasteiger partial charge in [0, 0.05) is 31.8 Å². The lowest BCUT2D eigenvalue weighted by atomic mass is 9.96. The number of ether oxygens (including phenoxy) is 2. The molecule has 118 valence electrons. The monoisotopic (exact) mass is 292 g/mol. The van der Waals surface area contributed by atoms with Crippen molar-refractivity contribution in [1.29, 1.82) is 0 Å². The van der Waals surface area contributed by atoms with Crippen LogP contribution in [-0.4, -0.2) is 43.9 Å². The van der Waals surface area contributed by atoms with E-state index >= 15 is 0 Å². The lowest BCUT2D eigenvalue weighted by Crippen LogP contribution is -2.45. The first-order valence-corrected chi connectivity index (χ1v) is 7.91. The second-order valence-electron chi connectivity index (χ2n) is 5.77. The second kappa shape index (κ2) is 7.78. The molecule has 0 saturated carbocycles.